The van der Waals surface area contributed by atoms with Gasteiger partial charge in [-0.3, -0.25) is 9.59 Å². The lowest BCUT2D eigenvalue weighted by Gasteiger charge is -2.33. The first-order chi connectivity index (χ1) is 17.2. The third kappa shape index (κ3) is 4.24. The summed E-state index contributed by atoms with van der Waals surface area (Å²) >= 11 is 0. The normalized spacial score (nSPS) is 17.3. The first kappa shape index (κ1) is 23.3. The zero-order valence-corrected chi connectivity index (χ0v) is 19.1. The van der Waals surface area contributed by atoms with E-state index in [1.807, 2.05) is 30.3 Å². The number of nitrogens with zero attached hydrogens (tertiary/aromatic N) is 2. The molecule has 6 nitrogen and oxygen atoms in total. The van der Waals surface area contributed by atoms with Gasteiger partial charge < -0.3 is 10.6 Å². The quantitative estimate of drug-likeness (QED) is 0.419. The summed E-state index contributed by atoms with van der Waals surface area (Å²) in [6, 6.07) is 21.2. The zero-order chi connectivity index (χ0) is 25.4. The number of carbonyl (C=O) groups excluding carboxylic acids is 2. The highest BCUT2D eigenvalue weighted by atomic mass is 19.4. The molecule has 1 aliphatic rings. The molecule has 2 amide bonds. The van der Waals surface area contributed by atoms with E-state index < -0.39 is 35.5 Å². The van der Waals surface area contributed by atoms with Crippen molar-refractivity contribution in [1.29, 1.82) is 0 Å². The van der Waals surface area contributed by atoms with E-state index in [-0.39, 0.29) is 0 Å². The van der Waals surface area contributed by atoms with E-state index in [9.17, 15) is 22.8 Å². The molecule has 4 aromatic rings. The Bertz CT molecular complexity index is 1420. The Kier molecular flexibility index (Phi) is 5.83. The summed E-state index contributed by atoms with van der Waals surface area (Å²) in [5.41, 5.74) is 1.93. The number of hydrogen-bond acceptors (Lipinski definition) is 3. The zero-order valence-electron chi connectivity index (χ0n) is 19.1. The van der Waals surface area contributed by atoms with Gasteiger partial charge in [0, 0.05) is 17.0 Å². The molecule has 2 N–H and O–H groups in total. The van der Waals surface area contributed by atoms with Crippen molar-refractivity contribution in [1.82, 2.24) is 15.1 Å². The maximum atomic E-state index is 13.4. The number of anilines is 1. The van der Waals surface area contributed by atoms with Crippen LogP contribution in [0.4, 0.5) is 19.0 Å². The minimum atomic E-state index is -4.50. The van der Waals surface area contributed by atoms with Crippen molar-refractivity contribution < 1.29 is 22.8 Å². The summed E-state index contributed by atoms with van der Waals surface area (Å²) in [6.45, 7) is 1.77. The number of aromatic nitrogens is 2. The van der Waals surface area contributed by atoms with Crippen molar-refractivity contribution in [2.45, 2.75) is 25.1 Å². The summed E-state index contributed by atoms with van der Waals surface area (Å²) in [5, 5.41) is 10.3. The van der Waals surface area contributed by atoms with Gasteiger partial charge in [0.1, 0.15) is 11.9 Å². The summed E-state index contributed by atoms with van der Waals surface area (Å²) < 4.78 is 41.3. The largest absolute Gasteiger partial charge is 0.416 e. The van der Waals surface area contributed by atoms with Crippen molar-refractivity contribution in [2.24, 2.45) is 0 Å². The minimum Gasteiger partial charge on any atom is -0.339 e. The van der Waals surface area contributed by atoms with Gasteiger partial charge in [0.25, 0.3) is 5.91 Å². The molecule has 0 saturated carbocycles. The van der Waals surface area contributed by atoms with Crippen LogP contribution in [0, 0.1) is 6.92 Å². The summed E-state index contributed by atoms with van der Waals surface area (Å²) in [5.74, 6) is -1.31. The van der Waals surface area contributed by atoms with Gasteiger partial charge in [0.15, 0.2) is 0 Å². The third-order valence-electron chi connectivity index (χ3n) is 6.20. The highest BCUT2D eigenvalue weighted by molar-refractivity contribution is 6.04. The molecule has 1 aliphatic heterocycles. The first-order valence-corrected chi connectivity index (χ1v) is 11.2. The number of fused-ring (bicyclic) bond motifs is 1. The minimum absolute atomic E-state index is 0.360. The average molecular weight is 490 g/mol. The van der Waals surface area contributed by atoms with Crippen molar-refractivity contribution >= 4 is 17.6 Å². The van der Waals surface area contributed by atoms with Gasteiger partial charge in [0.05, 0.1) is 16.9 Å². The summed E-state index contributed by atoms with van der Waals surface area (Å²) in [4.78, 5) is 26.4. The average Bonchev–Trinajstić information content (AvgIpc) is 3.20. The van der Waals surface area contributed by atoms with Crippen LogP contribution < -0.4 is 10.6 Å². The molecule has 5 rings (SSSR count). The number of halogens is 3. The standard InChI is InChI=1S/C27H21F3N4O2/c1-16-21-22(17-12-14-19(15-13-17)27(28,29)30)23(31-25(35)18-8-4-2-5-9-18)26(36)32-24(21)34(33-16)20-10-6-3-7-11-20/h2-15,22-23H,1H3,(H,31,35)(H,32,36). The molecule has 182 valence electrons. The van der Waals surface area contributed by atoms with Crippen LogP contribution in [0.1, 0.15) is 38.7 Å². The van der Waals surface area contributed by atoms with Crippen LogP contribution in [-0.2, 0) is 11.0 Å². The molecule has 0 spiro atoms. The smallest absolute Gasteiger partial charge is 0.339 e. The topological polar surface area (TPSA) is 76.0 Å². The van der Waals surface area contributed by atoms with Crippen LogP contribution in [0.5, 0.6) is 0 Å². The second-order valence-electron chi connectivity index (χ2n) is 8.50. The number of amides is 2. The Balaban J connectivity index is 1.63. The number of rotatable bonds is 4. The Labute approximate surface area is 204 Å². The van der Waals surface area contributed by atoms with Gasteiger partial charge in [-0.05, 0) is 48.9 Å². The fourth-order valence-electron chi connectivity index (χ4n) is 4.50. The SMILES string of the molecule is Cc1nn(-c2ccccc2)c2c1C(c1ccc(C(F)(F)F)cc1)C(NC(=O)c1ccccc1)C(=O)N2. The molecule has 0 aliphatic carbocycles. The fraction of sp³-hybridized carbons (Fsp3) is 0.148. The fourth-order valence-corrected chi connectivity index (χ4v) is 4.50. The van der Waals surface area contributed by atoms with Crippen molar-refractivity contribution in [2.75, 3.05) is 5.32 Å². The number of carbonyl (C=O) groups is 2. The van der Waals surface area contributed by atoms with Crippen LogP contribution in [-0.4, -0.2) is 27.6 Å². The van der Waals surface area contributed by atoms with Gasteiger partial charge in [-0.15, -0.1) is 0 Å². The Morgan fingerprint density at radius 2 is 1.56 bits per heavy atom. The van der Waals surface area contributed by atoms with Gasteiger partial charge >= 0.3 is 6.18 Å². The molecule has 0 fully saturated rings. The Hall–Kier alpha value is -4.40. The molecular weight excluding hydrogens is 469 g/mol. The molecule has 0 radical (unpaired) electrons. The summed E-state index contributed by atoms with van der Waals surface area (Å²) in [7, 11) is 0. The lowest BCUT2D eigenvalue weighted by molar-refractivity contribution is -0.137. The van der Waals surface area contributed by atoms with Gasteiger partial charge in [-0.25, -0.2) is 4.68 Å². The number of benzene rings is 3. The molecule has 0 saturated heterocycles. The van der Waals surface area contributed by atoms with E-state index in [0.29, 0.717) is 33.9 Å². The summed E-state index contributed by atoms with van der Waals surface area (Å²) in [6.07, 6.45) is -4.50. The second kappa shape index (κ2) is 8.99. The highest BCUT2D eigenvalue weighted by Gasteiger charge is 2.42. The maximum absolute atomic E-state index is 13.4. The van der Waals surface area contributed by atoms with Gasteiger partial charge in [-0.1, -0.05) is 48.5 Å². The van der Waals surface area contributed by atoms with Crippen molar-refractivity contribution in [3.8, 4) is 5.69 Å². The van der Waals surface area contributed by atoms with Crippen LogP contribution in [0.15, 0.2) is 84.9 Å². The number of hydrogen-bond donors (Lipinski definition) is 2. The monoisotopic (exact) mass is 490 g/mol. The highest BCUT2D eigenvalue weighted by Crippen LogP contribution is 2.41. The van der Waals surface area contributed by atoms with Crippen molar-refractivity contribution in [3.05, 3.63) is 113 Å². The molecule has 36 heavy (non-hydrogen) atoms. The third-order valence-corrected chi connectivity index (χ3v) is 6.20. The predicted molar refractivity (Wildman–Crippen MR) is 128 cm³/mol. The number of nitrogens with one attached hydrogen (secondary N) is 2. The predicted octanol–water partition coefficient (Wildman–Crippen LogP) is 5.08. The first-order valence-electron chi connectivity index (χ1n) is 11.2. The van der Waals surface area contributed by atoms with E-state index >= 15 is 0 Å². The van der Waals surface area contributed by atoms with Crippen molar-refractivity contribution in [3.63, 3.8) is 0 Å². The molecule has 9 heteroatoms. The number of para-hydroxylation sites is 1. The molecule has 2 unspecified atom stereocenters. The Morgan fingerprint density at radius 1 is 0.944 bits per heavy atom. The van der Waals surface area contributed by atoms with E-state index in [4.69, 9.17) is 0 Å². The number of alkyl halides is 3. The molecular formula is C27H21F3N4O2. The maximum Gasteiger partial charge on any atom is 0.416 e. The van der Waals surface area contributed by atoms with E-state index in [0.717, 1.165) is 12.1 Å². The number of aryl methyl sites for hydroxylation is 1. The van der Waals surface area contributed by atoms with E-state index in [1.165, 1.54) is 12.1 Å². The molecule has 3 aromatic carbocycles. The Morgan fingerprint density at radius 3 is 2.17 bits per heavy atom. The van der Waals surface area contributed by atoms with Crippen LogP contribution >= 0.6 is 0 Å². The lowest BCUT2D eigenvalue weighted by atomic mass is 9.81. The molecule has 2 heterocycles. The van der Waals surface area contributed by atoms with Gasteiger partial charge in [0.2, 0.25) is 5.91 Å². The van der Waals surface area contributed by atoms with Crippen LogP contribution in [0.25, 0.3) is 5.69 Å². The van der Waals surface area contributed by atoms with Crippen LogP contribution in [0.2, 0.25) is 0 Å². The van der Waals surface area contributed by atoms with E-state index in [2.05, 4.69) is 15.7 Å². The van der Waals surface area contributed by atoms with Crippen LogP contribution in [0.3, 0.4) is 0 Å². The molecule has 2 atom stereocenters. The van der Waals surface area contributed by atoms with E-state index in [1.54, 1.807) is 41.9 Å². The van der Waals surface area contributed by atoms with Gasteiger partial charge in [-0.2, -0.15) is 18.3 Å². The molecule has 1 aromatic heterocycles. The second-order valence-corrected chi connectivity index (χ2v) is 8.50. The molecule has 0 bridgehead atoms. The lowest BCUT2D eigenvalue weighted by Crippen LogP contribution is -2.50.